The maximum absolute atomic E-state index is 10.6. The molecule has 2 fully saturated rings. The highest BCUT2D eigenvalue weighted by Crippen LogP contribution is 2.37. The number of fused-ring (bicyclic) bond motifs is 1. The Morgan fingerprint density at radius 3 is 2.69 bits per heavy atom. The minimum absolute atomic E-state index is 0.0538. The average Bonchev–Trinajstić information content (AvgIpc) is 2.45. The van der Waals surface area contributed by atoms with Crippen LogP contribution in [0.4, 0.5) is 0 Å². The molecule has 0 amide bonds. The summed E-state index contributed by atoms with van der Waals surface area (Å²) >= 11 is 0. The van der Waals surface area contributed by atoms with E-state index >= 15 is 0 Å². The zero-order valence-corrected chi connectivity index (χ0v) is 7.87. The highest BCUT2D eigenvalue weighted by molar-refractivity contribution is 4.97. The van der Waals surface area contributed by atoms with Gasteiger partial charge in [0.2, 0.25) is 6.54 Å². The second-order valence-corrected chi connectivity index (χ2v) is 4.26. The monoisotopic (exact) mass is 184 g/mol. The molecule has 2 heterocycles. The van der Waals surface area contributed by atoms with Gasteiger partial charge in [0.25, 0.3) is 0 Å². The first-order valence-electron chi connectivity index (χ1n) is 5.10. The third-order valence-corrected chi connectivity index (χ3v) is 3.48. The summed E-state index contributed by atoms with van der Waals surface area (Å²) in [6, 6.07) is 0. The van der Waals surface area contributed by atoms with E-state index in [1.807, 2.05) is 0 Å². The fraction of sp³-hybridized carbons (Fsp3) is 1.00. The van der Waals surface area contributed by atoms with Crippen LogP contribution in [0.5, 0.6) is 0 Å². The highest BCUT2D eigenvalue weighted by Gasteiger charge is 2.46. The smallest absolute Gasteiger partial charge is 0.222 e. The van der Waals surface area contributed by atoms with Gasteiger partial charge < -0.3 is 0 Å². The van der Waals surface area contributed by atoms with Gasteiger partial charge in [0.1, 0.15) is 0 Å². The van der Waals surface area contributed by atoms with Crippen molar-refractivity contribution < 1.29 is 4.92 Å². The van der Waals surface area contributed by atoms with E-state index in [1.54, 1.807) is 0 Å². The number of nitrogens with zero attached hydrogens (tertiary/aromatic N) is 2. The summed E-state index contributed by atoms with van der Waals surface area (Å²) in [5.41, 5.74) is -0.0538. The van der Waals surface area contributed by atoms with Crippen molar-refractivity contribution in [1.82, 2.24) is 4.90 Å². The van der Waals surface area contributed by atoms with Crippen molar-refractivity contribution in [1.29, 1.82) is 0 Å². The van der Waals surface area contributed by atoms with Gasteiger partial charge in [-0.3, -0.25) is 15.0 Å². The molecule has 2 aliphatic heterocycles. The van der Waals surface area contributed by atoms with E-state index in [0.29, 0.717) is 0 Å². The van der Waals surface area contributed by atoms with Gasteiger partial charge in [0, 0.05) is 4.92 Å². The van der Waals surface area contributed by atoms with E-state index < -0.39 is 0 Å². The van der Waals surface area contributed by atoms with Crippen molar-refractivity contribution in [2.75, 3.05) is 19.6 Å². The van der Waals surface area contributed by atoms with Crippen LogP contribution < -0.4 is 0 Å². The van der Waals surface area contributed by atoms with Crippen LogP contribution in [0.15, 0.2) is 0 Å². The Morgan fingerprint density at radius 1 is 1.23 bits per heavy atom. The molecule has 0 aromatic carbocycles. The first-order chi connectivity index (χ1) is 6.23. The molecule has 13 heavy (non-hydrogen) atoms. The molecule has 0 N–H and O–H groups in total. The Balaban J connectivity index is 2.11. The molecule has 4 heteroatoms. The molecule has 4 nitrogen and oxygen atoms in total. The predicted molar refractivity (Wildman–Crippen MR) is 49.3 cm³/mol. The maximum Gasteiger partial charge on any atom is 0.222 e. The summed E-state index contributed by atoms with van der Waals surface area (Å²) in [6.07, 6.45) is 5.61. The van der Waals surface area contributed by atoms with Gasteiger partial charge in [0.15, 0.2) is 0 Å². The van der Waals surface area contributed by atoms with Crippen LogP contribution in [0.1, 0.15) is 32.1 Å². The summed E-state index contributed by atoms with van der Waals surface area (Å²) in [4.78, 5) is 12.8. The third kappa shape index (κ3) is 1.55. The first-order valence-corrected chi connectivity index (χ1v) is 5.10. The van der Waals surface area contributed by atoms with E-state index in [4.69, 9.17) is 0 Å². The number of nitro groups is 1. The Labute approximate surface area is 78.1 Å². The Morgan fingerprint density at radius 2 is 1.92 bits per heavy atom. The molecule has 0 bridgehead atoms. The Bertz CT molecular complexity index is 220. The van der Waals surface area contributed by atoms with Crippen molar-refractivity contribution in [2.45, 2.75) is 37.6 Å². The van der Waals surface area contributed by atoms with Crippen molar-refractivity contribution in [3.63, 3.8) is 0 Å². The summed E-state index contributed by atoms with van der Waals surface area (Å²) in [5, 5.41) is 10.6. The molecule has 0 aromatic heterocycles. The minimum atomic E-state index is -0.135. The summed E-state index contributed by atoms with van der Waals surface area (Å²) in [6.45, 7) is 2.31. The maximum atomic E-state index is 10.6. The van der Waals surface area contributed by atoms with Gasteiger partial charge in [0.05, 0.1) is 5.54 Å². The molecule has 74 valence electrons. The van der Waals surface area contributed by atoms with Crippen LogP contribution in [0.2, 0.25) is 0 Å². The molecule has 1 atom stereocenters. The summed E-state index contributed by atoms with van der Waals surface area (Å²) in [5.74, 6) is 0. The first kappa shape index (κ1) is 8.94. The molecule has 0 aliphatic carbocycles. The fourth-order valence-corrected chi connectivity index (χ4v) is 2.88. The van der Waals surface area contributed by atoms with Gasteiger partial charge in [-0.05, 0) is 38.8 Å². The van der Waals surface area contributed by atoms with Gasteiger partial charge in [-0.1, -0.05) is 6.42 Å². The lowest BCUT2D eigenvalue weighted by Gasteiger charge is -2.39. The van der Waals surface area contributed by atoms with E-state index in [-0.39, 0.29) is 17.0 Å². The molecule has 2 saturated heterocycles. The molecule has 0 saturated carbocycles. The van der Waals surface area contributed by atoms with Gasteiger partial charge in [-0.2, -0.15) is 0 Å². The van der Waals surface area contributed by atoms with Gasteiger partial charge in [-0.15, -0.1) is 0 Å². The second kappa shape index (κ2) is 3.25. The SMILES string of the molecule is O=[N+]([O-])CC12CCCCN1CCC2. The molecule has 0 spiro atoms. The van der Waals surface area contributed by atoms with E-state index in [2.05, 4.69) is 4.90 Å². The molecule has 1 unspecified atom stereocenters. The molecule has 2 aliphatic rings. The van der Waals surface area contributed by atoms with Crippen LogP contribution in [-0.2, 0) is 0 Å². The van der Waals surface area contributed by atoms with Crippen LogP contribution in [0.3, 0.4) is 0 Å². The molecular weight excluding hydrogens is 168 g/mol. The lowest BCUT2D eigenvalue weighted by Crippen LogP contribution is -2.51. The van der Waals surface area contributed by atoms with Crippen molar-refractivity contribution in [3.05, 3.63) is 10.1 Å². The number of hydrogen-bond donors (Lipinski definition) is 0. The lowest BCUT2D eigenvalue weighted by atomic mass is 9.86. The summed E-state index contributed by atoms with van der Waals surface area (Å²) < 4.78 is 0. The van der Waals surface area contributed by atoms with Crippen molar-refractivity contribution in [3.8, 4) is 0 Å². The molecule has 2 rings (SSSR count). The second-order valence-electron chi connectivity index (χ2n) is 4.26. The number of rotatable bonds is 2. The largest absolute Gasteiger partial charge is 0.292 e. The van der Waals surface area contributed by atoms with Gasteiger partial charge >= 0.3 is 0 Å². The van der Waals surface area contributed by atoms with Crippen LogP contribution in [0, 0.1) is 10.1 Å². The normalized spacial score (nSPS) is 34.5. The number of piperidine rings is 1. The fourth-order valence-electron chi connectivity index (χ4n) is 2.88. The van der Waals surface area contributed by atoms with E-state index in [1.165, 1.54) is 12.8 Å². The average molecular weight is 184 g/mol. The predicted octanol–water partition coefficient (Wildman–Crippen LogP) is 1.28. The third-order valence-electron chi connectivity index (χ3n) is 3.48. The van der Waals surface area contributed by atoms with E-state index in [0.717, 1.165) is 32.4 Å². The topological polar surface area (TPSA) is 46.4 Å². The number of hydrogen-bond acceptors (Lipinski definition) is 3. The highest BCUT2D eigenvalue weighted by atomic mass is 16.6. The standard InChI is InChI=1S/C9H16N2O2/c12-11(13)8-9-4-1-2-6-10(9)7-3-5-9/h1-8H2. The Kier molecular flexibility index (Phi) is 2.24. The van der Waals surface area contributed by atoms with Crippen LogP contribution in [0.25, 0.3) is 0 Å². The Hall–Kier alpha value is -0.640. The van der Waals surface area contributed by atoms with Gasteiger partial charge in [-0.25, -0.2) is 0 Å². The van der Waals surface area contributed by atoms with Crippen LogP contribution >= 0.6 is 0 Å². The van der Waals surface area contributed by atoms with Crippen molar-refractivity contribution in [2.24, 2.45) is 0 Å². The zero-order chi connectivity index (χ0) is 9.31. The molecular formula is C9H16N2O2. The zero-order valence-electron chi connectivity index (χ0n) is 7.87. The molecule has 0 aromatic rings. The van der Waals surface area contributed by atoms with Crippen LogP contribution in [-0.4, -0.2) is 35.0 Å². The van der Waals surface area contributed by atoms with E-state index in [9.17, 15) is 10.1 Å². The summed E-state index contributed by atoms with van der Waals surface area (Å²) in [7, 11) is 0. The quantitative estimate of drug-likeness (QED) is 0.479. The molecule has 0 radical (unpaired) electrons. The van der Waals surface area contributed by atoms with Crippen molar-refractivity contribution >= 4 is 0 Å². The minimum Gasteiger partial charge on any atom is -0.292 e. The lowest BCUT2D eigenvalue weighted by molar-refractivity contribution is -0.495.